The summed E-state index contributed by atoms with van der Waals surface area (Å²) >= 11 is 13.1. The Balaban J connectivity index is 2.47. The molecular formula is C11H10Cl2FNS. The zero-order chi connectivity index (χ0) is 11.8. The fourth-order valence-corrected chi connectivity index (χ4v) is 3.10. The van der Waals surface area contributed by atoms with Gasteiger partial charge in [0.1, 0.15) is 0 Å². The number of nitrogens with zero attached hydrogens (tertiary/aromatic N) is 1. The number of hydrogen-bond donors (Lipinski definition) is 0. The normalized spacial score (nSPS) is 24.0. The molecule has 0 spiro atoms. The van der Waals surface area contributed by atoms with Crippen molar-refractivity contribution in [2.75, 3.05) is 0 Å². The van der Waals surface area contributed by atoms with E-state index in [0.29, 0.717) is 0 Å². The van der Waals surface area contributed by atoms with Crippen LogP contribution in [0.1, 0.15) is 25.3 Å². The summed E-state index contributed by atoms with van der Waals surface area (Å²) in [5, 5.41) is 0.144. The molecule has 1 aliphatic heterocycles. The number of rotatable bonds is 2. The van der Waals surface area contributed by atoms with Crippen LogP contribution in [0, 0.1) is 5.82 Å². The van der Waals surface area contributed by atoms with Gasteiger partial charge in [0.25, 0.3) is 0 Å². The van der Waals surface area contributed by atoms with Gasteiger partial charge in [0.05, 0.1) is 14.8 Å². The first kappa shape index (κ1) is 12.2. The monoisotopic (exact) mass is 277 g/mol. The molecule has 1 aromatic rings. The van der Waals surface area contributed by atoms with Crippen molar-refractivity contribution in [1.82, 2.24) is 0 Å². The van der Waals surface area contributed by atoms with Crippen LogP contribution in [-0.2, 0) is 4.75 Å². The molecule has 16 heavy (non-hydrogen) atoms. The van der Waals surface area contributed by atoms with E-state index in [1.807, 2.05) is 6.21 Å². The highest BCUT2D eigenvalue weighted by atomic mass is 35.5. The Bertz CT molecular complexity index is 417. The van der Waals surface area contributed by atoms with Crippen molar-refractivity contribution in [2.24, 2.45) is 4.40 Å². The smallest absolute Gasteiger partial charge is 0.160 e. The standard InChI is InChI=1S/C11H10Cl2FNS/c1-2-11(3-4-15-16-11)7-5-8(12)10(14)9(13)6-7/h4-6H,2-3H2,1H3. The maximum Gasteiger partial charge on any atom is 0.160 e. The quantitative estimate of drug-likeness (QED) is 0.556. The molecule has 5 heteroatoms. The fraction of sp³-hybridized carbons (Fsp3) is 0.364. The largest absolute Gasteiger partial charge is 0.228 e. The van der Waals surface area contributed by atoms with Gasteiger partial charge in [-0.15, -0.1) is 0 Å². The van der Waals surface area contributed by atoms with Crippen LogP contribution in [0.15, 0.2) is 16.5 Å². The van der Waals surface area contributed by atoms with Crippen LogP contribution in [0.5, 0.6) is 0 Å². The first-order valence-electron chi connectivity index (χ1n) is 4.94. The molecule has 0 saturated carbocycles. The van der Waals surface area contributed by atoms with E-state index in [1.54, 1.807) is 12.1 Å². The molecule has 86 valence electrons. The Morgan fingerprint density at radius 2 is 2.06 bits per heavy atom. The van der Waals surface area contributed by atoms with Gasteiger partial charge in [-0.25, -0.2) is 8.79 Å². The lowest BCUT2D eigenvalue weighted by molar-refractivity contribution is 0.615. The van der Waals surface area contributed by atoms with Crippen LogP contribution in [0.3, 0.4) is 0 Å². The second-order valence-corrected chi connectivity index (χ2v) is 5.67. The zero-order valence-electron chi connectivity index (χ0n) is 8.64. The van der Waals surface area contributed by atoms with Crippen molar-refractivity contribution in [3.63, 3.8) is 0 Å². The minimum atomic E-state index is -0.553. The molecule has 1 atom stereocenters. The lowest BCUT2D eigenvalue weighted by atomic mass is 9.92. The van der Waals surface area contributed by atoms with Crippen LogP contribution >= 0.6 is 35.1 Å². The van der Waals surface area contributed by atoms with Crippen molar-refractivity contribution in [2.45, 2.75) is 24.5 Å². The van der Waals surface area contributed by atoms with Crippen LogP contribution in [-0.4, -0.2) is 6.21 Å². The van der Waals surface area contributed by atoms with Gasteiger partial charge < -0.3 is 0 Å². The summed E-state index contributed by atoms with van der Waals surface area (Å²) in [6.07, 6.45) is 3.60. The van der Waals surface area contributed by atoms with Gasteiger partial charge in [-0.05, 0) is 36.1 Å². The van der Waals surface area contributed by atoms with E-state index < -0.39 is 5.82 Å². The molecule has 1 heterocycles. The van der Waals surface area contributed by atoms with Crippen LogP contribution < -0.4 is 0 Å². The van der Waals surface area contributed by atoms with E-state index in [9.17, 15) is 4.39 Å². The molecule has 1 nitrogen and oxygen atoms in total. The summed E-state index contributed by atoms with van der Waals surface area (Å²) in [7, 11) is 0. The van der Waals surface area contributed by atoms with Gasteiger partial charge in [0.15, 0.2) is 5.82 Å². The van der Waals surface area contributed by atoms with E-state index in [-0.39, 0.29) is 14.8 Å². The lowest BCUT2D eigenvalue weighted by Crippen LogP contribution is -2.18. The molecule has 0 aliphatic carbocycles. The van der Waals surface area contributed by atoms with E-state index in [4.69, 9.17) is 23.2 Å². The molecule has 1 aromatic carbocycles. The zero-order valence-corrected chi connectivity index (χ0v) is 11.0. The Morgan fingerprint density at radius 1 is 1.44 bits per heavy atom. The molecule has 0 radical (unpaired) electrons. The van der Waals surface area contributed by atoms with Crippen molar-refractivity contribution < 1.29 is 4.39 Å². The molecule has 0 saturated heterocycles. The third kappa shape index (κ3) is 1.96. The fourth-order valence-electron chi connectivity index (χ4n) is 1.76. The number of hydrogen-bond acceptors (Lipinski definition) is 2. The molecule has 1 aliphatic rings. The third-order valence-corrected chi connectivity index (χ3v) is 4.65. The van der Waals surface area contributed by atoms with Gasteiger partial charge in [0, 0.05) is 12.6 Å². The van der Waals surface area contributed by atoms with E-state index in [1.165, 1.54) is 11.9 Å². The maximum absolute atomic E-state index is 13.3. The average Bonchev–Trinajstić information content (AvgIpc) is 2.75. The van der Waals surface area contributed by atoms with Crippen LogP contribution in [0.4, 0.5) is 4.39 Å². The minimum Gasteiger partial charge on any atom is -0.228 e. The molecule has 2 rings (SSSR count). The van der Waals surface area contributed by atoms with Crippen LogP contribution in [0.25, 0.3) is 0 Å². The van der Waals surface area contributed by atoms with Gasteiger partial charge in [0.2, 0.25) is 0 Å². The average molecular weight is 278 g/mol. The maximum atomic E-state index is 13.3. The number of benzene rings is 1. The summed E-state index contributed by atoms with van der Waals surface area (Å²) in [5.74, 6) is -0.553. The second kappa shape index (κ2) is 4.55. The summed E-state index contributed by atoms with van der Waals surface area (Å²) in [4.78, 5) is 0. The molecule has 0 fully saturated rings. The summed E-state index contributed by atoms with van der Waals surface area (Å²) in [6, 6.07) is 3.29. The highest BCUT2D eigenvalue weighted by Crippen LogP contribution is 2.47. The topological polar surface area (TPSA) is 12.4 Å². The molecular weight excluding hydrogens is 268 g/mol. The summed E-state index contributed by atoms with van der Waals surface area (Å²) in [5.41, 5.74) is 0.939. The summed E-state index contributed by atoms with van der Waals surface area (Å²) < 4.78 is 17.4. The van der Waals surface area contributed by atoms with Crippen molar-refractivity contribution in [3.8, 4) is 0 Å². The van der Waals surface area contributed by atoms with E-state index >= 15 is 0 Å². The molecule has 0 aromatic heterocycles. The Kier molecular flexibility index (Phi) is 3.48. The lowest BCUT2D eigenvalue weighted by Gasteiger charge is -2.25. The third-order valence-electron chi connectivity index (χ3n) is 2.80. The minimum absolute atomic E-state index is 0.0721. The molecule has 0 amide bonds. The molecule has 0 N–H and O–H groups in total. The summed E-state index contributed by atoms with van der Waals surface area (Å²) in [6.45, 7) is 2.08. The van der Waals surface area contributed by atoms with Crippen molar-refractivity contribution in [3.05, 3.63) is 33.6 Å². The predicted molar refractivity (Wildman–Crippen MR) is 69.1 cm³/mol. The SMILES string of the molecule is CCC1(c2cc(Cl)c(F)c(Cl)c2)CC=NS1. The highest BCUT2D eigenvalue weighted by Gasteiger charge is 2.34. The van der Waals surface area contributed by atoms with Gasteiger partial charge in [-0.3, -0.25) is 0 Å². The Labute approximate surface area is 108 Å². The molecule has 1 unspecified atom stereocenters. The van der Waals surface area contributed by atoms with Crippen molar-refractivity contribution in [1.29, 1.82) is 0 Å². The van der Waals surface area contributed by atoms with Gasteiger partial charge in [-0.1, -0.05) is 30.1 Å². The van der Waals surface area contributed by atoms with E-state index in [0.717, 1.165) is 18.4 Å². The Hall–Kier alpha value is -0.250. The van der Waals surface area contributed by atoms with Crippen LogP contribution in [0.2, 0.25) is 10.0 Å². The predicted octanol–water partition coefficient (Wildman–Crippen LogP) is 4.86. The van der Waals surface area contributed by atoms with Gasteiger partial charge in [-0.2, -0.15) is 0 Å². The first-order chi connectivity index (χ1) is 7.59. The molecule has 0 bridgehead atoms. The number of halogens is 3. The highest BCUT2D eigenvalue weighted by molar-refractivity contribution is 7.99. The van der Waals surface area contributed by atoms with Gasteiger partial charge >= 0.3 is 0 Å². The Morgan fingerprint density at radius 3 is 2.50 bits per heavy atom. The van der Waals surface area contributed by atoms with E-state index in [2.05, 4.69) is 11.3 Å². The second-order valence-electron chi connectivity index (χ2n) is 3.69. The first-order valence-corrected chi connectivity index (χ1v) is 6.47. The van der Waals surface area contributed by atoms with Crippen molar-refractivity contribution >= 4 is 41.4 Å².